The van der Waals surface area contributed by atoms with Crippen LogP contribution in [0.4, 0.5) is 5.69 Å². The molecule has 3 aromatic heterocycles. The quantitative estimate of drug-likeness (QED) is 0.346. The maximum absolute atomic E-state index is 13.3. The van der Waals surface area contributed by atoms with Gasteiger partial charge in [0, 0.05) is 23.1 Å². The number of hydrogen-bond acceptors (Lipinski definition) is 8. The van der Waals surface area contributed by atoms with Crippen LogP contribution in [0.15, 0.2) is 86.9 Å². The minimum atomic E-state index is -0.337. The van der Waals surface area contributed by atoms with Gasteiger partial charge in [-0.15, -0.1) is 5.10 Å². The summed E-state index contributed by atoms with van der Waals surface area (Å²) in [5, 5.41) is 22.5. The number of nitrogens with one attached hydrogen (secondary N) is 1. The van der Waals surface area contributed by atoms with Crippen LogP contribution in [-0.2, 0) is 4.79 Å². The standard InChI is InChI=1S/C27H23N7O3/c35-26(16-28-19-9-7-17(8-10-19)27-29-31-32-33(27)20-11-12-20)34-22(24-6-3-13-36-24)15-21(30-34)25-14-18-4-1-2-5-23(18)37-25/h1-10,13-14,20,22,28H,11-12,15-16H2/t22-/m1/s1. The van der Waals surface area contributed by atoms with E-state index in [-0.39, 0.29) is 18.5 Å². The maximum atomic E-state index is 13.3. The van der Waals surface area contributed by atoms with Gasteiger partial charge in [0.05, 0.1) is 18.8 Å². The lowest BCUT2D eigenvalue weighted by Crippen LogP contribution is -2.32. The van der Waals surface area contributed by atoms with Gasteiger partial charge in [0.25, 0.3) is 5.91 Å². The molecule has 2 aliphatic rings. The molecule has 2 aromatic carbocycles. The molecule has 1 saturated carbocycles. The first-order valence-electron chi connectivity index (χ1n) is 12.3. The molecule has 37 heavy (non-hydrogen) atoms. The van der Waals surface area contributed by atoms with Gasteiger partial charge in [-0.1, -0.05) is 18.2 Å². The molecule has 0 radical (unpaired) electrons. The van der Waals surface area contributed by atoms with Crippen molar-refractivity contribution in [2.75, 3.05) is 11.9 Å². The Morgan fingerprint density at radius 2 is 1.92 bits per heavy atom. The van der Waals surface area contributed by atoms with Crippen LogP contribution < -0.4 is 5.32 Å². The molecule has 1 N–H and O–H groups in total. The van der Waals surface area contributed by atoms with Crippen LogP contribution in [0.25, 0.3) is 22.4 Å². The Morgan fingerprint density at radius 3 is 2.70 bits per heavy atom. The Kier molecular flexibility index (Phi) is 5.09. The average molecular weight is 494 g/mol. The fraction of sp³-hybridized carbons (Fsp3) is 0.222. The van der Waals surface area contributed by atoms with E-state index in [0.29, 0.717) is 29.7 Å². The number of rotatable bonds is 7. The summed E-state index contributed by atoms with van der Waals surface area (Å²) in [5.41, 5.74) is 3.25. The molecule has 0 spiro atoms. The van der Waals surface area contributed by atoms with Gasteiger partial charge in [-0.2, -0.15) is 5.10 Å². The molecule has 1 atom stereocenters. The Hall–Kier alpha value is -4.73. The lowest BCUT2D eigenvalue weighted by molar-refractivity contribution is -0.131. The first-order valence-corrected chi connectivity index (χ1v) is 12.3. The third-order valence-electron chi connectivity index (χ3n) is 6.72. The average Bonchev–Trinajstić information content (AvgIpc) is 3.40. The number of amides is 1. The fourth-order valence-electron chi connectivity index (χ4n) is 4.66. The number of nitrogens with zero attached hydrogens (tertiary/aromatic N) is 6. The summed E-state index contributed by atoms with van der Waals surface area (Å²) in [6, 6.07) is 21.3. The number of carbonyl (C=O) groups excluding carboxylic acids is 1. The molecule has 10 heteroatoms. The van der Waals surface area contributed by atoms with Crippen LogP contribution in [0.2, 0.25) is 0 Å². The number of furan rings is 2. The minimum absolute atomic E-state index is 0.0767. The molecular weight excluding hydrogens is 470 g/mol. The summed E-state index contributed by atoms with van der Waals surface area (Å²) in [6.07, 6.45) is 4.33. The molecule has 5 aromatic rings. The molecule has 1 aliphatic heterocycles. The SMILES string of the molecule is O=C(CNc1ccc(-c2nnnn2C2CC2)cc1)N1N=C(c2cc3ccccc3o2)C[C@@H]1c1ccco1. The summed E-state index contributed by atoms with van der Waals surface area (Å²) in [4.78, 5) is 13.3. The summed E-state index contributed by atoms with van der Waals surface area (Å²) in [6.45, 7) is 0.0767. The first kappa shape index (κ1) is 21.5. The number of hydrogen-bond donors (Lipinski definition) is 1. The smallest absolute Gasteiger partial charge is 0.262 e. The molecule has 184 valence electrons. The summed E-state index contributed by atoms with van der Waals surface area (Å²) in [5.74, 6) is 1.93. The van der Waals surface area contributed by atoms with Gasteiger partial charge in [0.2, 0.25) is 0 Å². The van der Waals surface area contributed by atoms with Gasteiger partial charge in [-0.05, 0) is 71.8 Å². The molecule has 4 heterocycles. The van der Waals surface area contributed by atoms with E-state index in [0.717, 1.165) is 40.9 Å². The maximum Gasteiger partial charge on any atom is 0.262 e. The molecule has 1 aliphatic carbocycles. The Balaban J connectivity index is 1.08. The van der Waals surface area contributed by atoms with Crippen molar-refractivity contribution < 1.29 is 13.6 Å². The van der Waals surface area contributed by atoms with E-state index < -0.39 is 0 Å². The van der Waals surface area contributed by atoms with Crippen LogP contribution in [0, 0.1) is 0 Å². The zero-order valence-corrected chi connectivity index (χ0v) is 19.8. The summed E-state index contributed by atoms with van der Waals surface area (Å²) in [7, 11) is 0. The molecule has 10 nitrogen and oxygen atoms in total. The van der Waals surface area contributed by atoms with Crippen molar-refractivity contribution in [1.29, 1.82) is 0 Å². The highest BCUT2D eigenvalue weighted by Crippen LogP contribution is 2.37. The lowest BCUT2D eigenvalue weighted by atomic mass is 10.1. The van der Waals surface area contributed by atoms with Gasteiger partial charge in [0.15, 0.2) is 11.6 Å². The number of para-hydroxylation sites is 1. The van der Waals surface area contributed by atoms with Crippen LogP contribution >= 0.6 is 0 Å². The second-order valence-corrected chi connectivity index (χ2v) is 9.28. The third-order valence-corrected chi connectivity index (χ3v) is 6.72. The van der Waals surface area contributed by atoms with Crippen LogP contribution in [0.3, 0.4) is 0 Å². The van der Waals surface area contributed by atoms with E-state index >= 15 is 0 Å². The van der Waals surface area contributed by atoms with E-state index in [1.165, 1.54) is 5.01 Å². The van der Waals surface area contributed by atoms with E-state index in [1.807, 2.05) is 71.4 Å². The van der Waals surface area contributed by atoms with Crippen molar-refractivity contribution in [3.63, 3.8) is 0 Å². The van der Waals surface area contributed by atoms with E-state index in [4.69, 9.17) is 8.83 Å². The van der Waals surface area contributed by atoms with Crippen molar-refractivity contribution in [1.82, 2.24) is 25.2 Å². The van der Waals surface area contributed by atoms with E-state index in [9.17, 15) is 4.79 Å². The number of hydrazone groups is 1. The van der Waals surface area contributed by atoms with Gasteiger partial charge in [-0.3, -0.25) is 4.79 Å². The van der Waals surface area contributed by atoms with Crippen molar-refractivity contribution >= 4 is 28.3 Å². The summed E-state index contributed by atoms with van der Waals surface area (Å²) >= 11 is 0. The predicted octanol–water partition coefficient (Wildman–Crippen LogP) is 4.80. The monoisotopic (exact) mass is 493 g/mol. The number of anilines is 1. The van der Waals surface area contributed by atoms with Gasteiger partial charge in [-0.25, -0.2) is 9.69 Å². The minimum Gasteiger partial charge on any atom is -0.467 e. The number of fused-ring (bicyclic) bond motifs is 1. The summed E-state index contributed by atoms with van der Waals surface area (Å²) < 4.78 is 13.5. The Bertz CT molecular complexity index is 1560. The predicted molar refractivity (Wildman–Crippen MR) is 136 cm³/mol. The second-order valence-electron chi connectivity index (χ2n) is 9.28. The fourth-order valence-corrected chi connectivity index (χ4v) is 4.66. The Labute approximate surface area is 211 Å². The normalized spacial score (nSPS) is 17.4. The van der Waals surface area contributed by atoms with Gasteiger partial charge < -0.3 is 14.2 Å². The molecule has 1 amide bonds. The number of benzene rings is 2. The number of tetrazole rings is 1. The van der Waals surface area contributed by atoms with Gasteiger partial charge >= 0.3 is 0 Å². The van der Waals surface area contributed by atoms with Crippen molar-refractivity contribution in [3.05, 3.63) is 84.5 Å². The van der Waals surface area contributed by atoms with Crippen LogP contribution in [0.1, 0.15) is 42.9 Å². The zero-order chi connectivity index (χ0) is 24.8. The number of carbonyl (C=O) groups is 1. The van der Waals surface area contributed by atoms with Crippen LogP contribution in [0.5, 0.6) is 0 Å². The molecule has 7 rings (SSSR count). The third kappa shape index (κ3) is 4.06. The highest BCUT2D eigenvalue weighted by Gasteiger charge is 2.36. The molecule has 0 unspecified atom stereocenters. The lowest BCUT2D eigenvalue weighted by Gasteiger charge is -2.20. The second kappa shape index (κ2) is 8.74. The molecule has 1 fully saturated rings. The highest BCUT2D eigenvalue weighted by molar-refractivity contribution is 6.03. The molecule has 0 bridgehead atoms. The largest absolute Gasteiger partial charge is 0.467 e. The van der Waals surface area contributed by atoms with Gasteiger partial charge in [0.1, 0.15) is 23.1 Å². The highest BCUT2D eigenvalue weighted by atomic mass is 16.3. The van der Waals surface area contributed by atoms with Crippen molar-refractivity contribution in [3.8, 4) is 11.4 Å². The topological polar surface area (TPSA) is 115 Å². The number of aromatic nitrogens is 4. The van der Waals surface area contributed by atoms with Crippen molar-refractivity contribution in [2.24, 2.45) is 5.10 Å². The van der Waals surface area contributed by atoms with E-state index in [1.54, 1.807) is 6.26 Å². The molecule has 0 saturated heterocycles. The molecular formula is C27H23N7O3. The Morgan fingerprint density at radius 1 is 1.05 bits per heavy atom. The zero-order valence-electron chi connectivity index (χ0n) is 19.8. The van der Waals surface area contributed by atoms with Crippen LogP contribution in [-0.4, -0.2) is 43.4 Å². The van der Waals surface area contributed by atoms with E-state index in [2.05, 4.69) is 25.9 Å². The van der Waals surface area contributed by atoms with Crippen molar-refractivity contribution in [2.45, 2.75) is 31.3 Å². The first-order chi connectivity index (χ1) is 18.2.